The number of rotatable bonds is 1. The lowest BCUT2D eigenvalue weighted by molar-refractivity contribution is 0.0548. The fourth-order valence-corrected chi connectivity index (χ4v) is 3.32. The second kappa shape index (κ2) is 4.07. The first-order chi connectivity index (χ1) is 8.19. The fourth-order valence-electron chi connectivity index (χ4n) is 3.32. The van der Waals surface area contributed by atoms with E-state index < -0.39 is 5.67 Å². The van der Waals surface area contributed by atoms with E-state index in [1.54, 1.807) is 0 Å². The quantitative estimate of drug-likeness (QED) is 0.783. The summed E-state index contributed by atoms with van der Waals surface area (Å²) in [6.45, 7) is 0.780. The first-order valence-corrected chi connectivity index (χ1v) is 6.45. The van der Waals surface area contributed by atoms with Gasteiger partial charge in [-0.3, -0.25) is 0 Å². The molecule has 0 amide bonds. The highest BCUT2D eigenvalue weighted by molar-refractivity contribution is 5.36. The number of hydrogen-bond donors (Lipinski definition) is 2. The maximum absolute atomic E-state index is 15.1. The van der Waals surface area contributed by atoms with Gasteiger partial charge in [-0.05, 0) is 36.8 Å². The topological polar surface area (TPSA) is 38.0 Å². The van der Waals surface area contributed by atoms with Crippen molar-refractivity contribution in [2.24, 2.45) is 5.73 Å². The van der Waals surface area contributed by atoms with Crippen LogP contribution in [-0.2, 0) is 6.54 Å². The molecule has 1 aromatic carbocycles. The fraction of sp³-hybridized carbons (Fsp3) is 0.571. The predicted octanol–water partition coefficient (Wildman–Crippen LogP) is 2.44. The highest BCUT2D eigenvalue weighted by Crippen LogP contribution is 2.44. The van der Waals surface area contributed by atoms with Crippen LogP contribution in [0.1, 0.15) is 42.9 Å². The van der Waals surface area contributed by atoms with Crippen LogP contribution in [0.15, 0.2) is 24.3 Å². The van der Waals surface area contributed by atoms with Crippen LogP contribution in [-0.4, -0.2) is 11.7 Å². The molecule has 0 bridgehead atoms. The van der Waals surface area contributed by atoms with E-state index in [1.807, 2.05) is 18.2 Å². The van der Waals surface area contributed by atoms with Crippen molar-refractivity contribution >= 4 is 0 Å². The van der Waals surface area contributed by atoms with Gasteiger partial charge in [0.05, 0.1) is 6.04 Å². The first-order valence-electron chi connectivity index (χ1n) is 6.45. The lowest BCUT2D eigenvalue weighted by Crippen LogP contribution is -2.45. The van der Waals surface area contributed by atoms with Gasteiger partial charge in [0.1, 0.15) is 5.67 Å². The molecule has 3 unspecified atom stereocenters. The second-order valence-corrected chi connectivity index (χ2v) is 5.40. The molecule has 0 aromatic heterocycles. The predicted molar refractivity (Wildman–Crippen MR) is 66.3 cm³/mol. The number of nitrogens with two attached hydrogens (primary N) is 1. The average molecular weight is 234 g/mol. The Morgan fingerprint density at radius 2 is 2.18 bits per heavy atom. The Morgan fingerprint density at radius 3 is 3.00 bits per heavy atom. The SMILES string of the molecule is NC1CCCC(F)(C2NCc3ccccc32)C1. The van der Waals surface area contributed by atoms with Crippen molar-refractivity contribution in [2.75, 3.05) is 0 Å². The molecule has 3 heteroatoms. The lowest BCUT2D eigenvalue weighted by atomic mass is 9.77. The molecule has 1 aliphatic heterocycles. The summed E-state index contributed by atoms with van der Waals surface area (Å²) in [5, 5.41) is 3.32. The molecule has 1 saturated carbocycles. The Labute approximate surface area is 101 Å². The van der Waals surface area contributed by atoms with E-state index in [0.717, 1.165) is 24.9 Å². The van der Waals surface area contributed by atoms with E-state index in [2.05, 4.69) is 11.4 Å². The van der Waals surface area contributed by atoms with Crippen molar-refractivity contribution in [2.45, 2.75) is 50.0 Å². The molecule has 3 rings (SSSR count). The van der Waals surface area contributed by atoms with Crippen molar-refractivity contribution in [3.05, 3.63) is 35.4 Å². The third kappa shape index (κ3) is 1.87. The van der Waals surface area contributed by atoms with Crippen LogP contribution in [0, 0.1) is 0 Å². The summed E-state index contributed by atoms with van der Waals surface area (Å²) in [4.78, 5) is 0. The van der Waals surface area contributed by atoms with Gasteiger partial charge < -0.3 is 11.1 Å². The molecule has 1 fully saturated rings. The summed E-state index contributed by atoms with van der Waals surface area (Å²) in [5.41, 5.74) is 7.13. The van der Waals surface area contributed by atoms with Crippen molar-refractivity contribution < 1.29 is 4.39 Å². The molecule has 0 spiro atoms. The molecule has 2 nitrogen and oxygen atoms in total. The van der Waals surface area contributed by atoms with E-state index in [-0.39, 0.29) is 12.1 Å². The minimum absolute atomic E-state index is 0.0170. The number of hydrogen-bond acceptors (Lipinski definition) is 2. The standard InChI is InChI=1S/C14H19FN2/c15-14(7-3-5-11(16)8-14)13-12-6-2-1-4-10(12)9-17-13/h1-2,4,6,11,13,17H,3,5,7-9,16H2. The van der Waals surface area contributed by atoms with Gasteiger partial charge >= 0.3 is 0 Å². The normalized spacial score (nSPS) is 36.8. The largest absolute Gasteiger partial charge is 0.328 e. The summed E-state index contributed by atoms with van der Waals surface area (Å²) < 4.78 is 15.1. The first kappa shape index (κ1) is 11.2. The van der Waals surface area contributed by atoms with Gasteiger partial charge in [0.15, 0.2) is 0 Å². The van der Waals surface area contributed by atoms with Gasteiger partial charge in [0.2, 0.25) is 0 Å². The van der Waals surface area contributed by atoms with Gasteiger partial charge in [-0.25, -0.2) is 4.39 Å². The van der Waals surface area contributed by atoms with E-state index in [4.69, 9.17) is 5.73 Å². The summed E-state index contributed by atoms with van der Waals surface area (Å²) >= 11 is 0. The summed E-state index contributed by atoms with van der Waals surface area (Å²) in [7, 11) is 0. The number of nitrogens with one attached hydrogen (secondary N) is 1. The van der Waals surface area contributed by atoms with E-state index >= 15 is 4.39 Å². The number of alkyl halides is 1. The molecular formula is C14H19FN2. The van der Waals surface area contributed by atoms with Crippen LogP contribution in [0.2, 0.25) is 0 Å². The number of benzene rings is 1. The average Bonchev–Trinajstić information content (AvgIpc) is 2.72. The molecule has 3 N–H and O–H groups in total. The molecule has 0 saturated heterocycles. The molecule has 92 valence electrons. The zero-order valence-corrected chi connectivity index (χ0v) is 9.95. The third-order valence-electron chi connectivity index (χ3n) is 4.15. The summed E-state index contributed by atoms with van der Waals surface area (Å²) in [5.74, 6) is 0. The maximum Gasteiger partial charge on any atom is 0.131 e. The molecule has 1 heterocycles. The van der Waals surface area contributed by atoms with Crippen LogP contribution in [0.25, 0.3) is 0 Å². The van der Waals surface area contributed by atoms with Crippen molar-refractivity contribution in [1.29, 1.82) is 0 Å². The van der Waals surface area contributed by atoms with Crippen LogP contribution < -0.4 is 11.1 Å². The minimum Gasteiger partial charge on any atom is -0.328 e. The Balaban J connectivity index is 1.90. The lowest BCUT2D eigenvalue weighted by Gasteiger charge is -2.38. The van der Waals surface area contributed by atoms with Crippen LogP contribution in [0.3, 0.4) is 0 Å². The second-order valence-electron chi connectivity index (χ2n) is 5.40. The van der Waals surface area contributed by atoms with E-state index in [0.29, 0.717) is 12.8 Å². The highest BCUT2D eigenvalue weighted by atomic mass is 19.1. The number of fused-ring (bicyclic) bond motifs is 1. The third-order valence-corrected chi connectivity index (χ3v) is 4.15. The Kier molecular flexibility index (Phi) is 2.68. The van der Waals surface area contributed by atoms with E-state index in [9.17, 15) is 0 Å². The molecular weight excluding hydrogens is 215 g/mol. The molecule has 17 heavy (non-hydrogen) atoms. The molecule has 0 radical (unpaired) electrons. The van der Waals surface area contributed by atoms with Gasteiger partial charge in [0, 0.05) is 12.6 Å². The van der Waals surface area contributed by atoms with Gasteiger partial charge in [-0.2, -0.15) is 0 Å². The maximum atomic E-state index is 15.1. The van der Waals surface area contributed by atoms with Gasteiger partial charge in [0.25, 0.3) is 0 Å². The van der Waals surface area contributed by atoms with Crippen molar-refractivity contribution in [3.63, 3.8) is 0 Å². The van der Waals surface area contributed by atoms with Gasteiger partial charge in [-0.15, -0.1) is 0 Å². The zero-order chi connectivity index (χ0) is 11.9. The van der Waals surface area contributed by atoms with Crippen LogP contribution in [0.4, 0.5) is 4.39 Å². The van der Waals surface area contributed by atoms with Crippen LogP contribution >= 0.6 is 0 Å². The Morgan fingerprint density at radius 1 is 1.35 bits per heavy atom. The number of halogens is 1. The van der Waals surface area contributed by atoms with E-state index in [1.165, 1.54) is 5.56 Å². The molecule has 1 aliphatic carbocycles. The van der Waals surface area contributed by atoms with Crippen molar-refractivity contribution in [1.82, 2.24) is 5.32 Å². The monoisotopic (exact) mass is 234 g/mol. The summed E-state index contributed by atoms with van der Waals surface area (Å²) in [6, 6.07) is 7.98. The minimum atomic E-state index is -1.16. The van der Waals surface area contributed by atoms with Crippen LogP contribution in [0.5, 0.6) is 0 Å². The summed E-state index contributed by atoms with van der Waals surface area (Å²) in [6.07, 6.45) is 2.98. The van der Waals surface area contributed by atoms with Gasteiger partial charge in [-0.1, -0.05) is 24.3 Å². The Bertz CT molecular complexity index is 420. The molecule has 3 atom stereocenters. The highest BCUT2D eigenvalue weighted by Gasteiger charge is 2.45. The molecule has 1 aromatic rings. The smallest absolute Gasteiger partial charge is 0.131 e. The Hall–Kier alpha value is -0.930. The zero-order valence-electron chi connectivity index (χ0n) is 9.95. The van der Waals surface area contributed by atoms with Crippen molar-refractivity contribution in [3.8, 4) is 0 Å². The molecule has 2 aliphatic rings.